The van der Waals surface area contributed by atoms with Crippen LogP contribution in [0.25, 0.3) is 0 Å². The summed E-state index contributed by atoms with van der Waals surface area (Å²) in [7, 11) is 0. The van der Waals surface area contributed by atoms with E-state index in [4.69, 9.17) is 9.47 Å². The second kappa shape index (κ2) is 5.28. The minimum atomic E-state index is -0.606. The molecule has 2 aliphatic heterocycles. The predicted octanol–water partition coefficient (Wildman–Crippen LogP) is 3.84. The van der Waals surface area contributed by atoms with Crippen LogP contribution in [-0.2, 0) is 16.0 Å². The number of hydroxylamine groups is 3. The fourth-order valence-corrected chi connectivity index (χ4v) is 4.44. The van der Waals surface area contributed by atoms with Crippen LogP contribution in [0.5, 0.6) is 0 Å². The van der Waals surface area contributed by atoms with E-state index in [1.807, 2.05) is 51.1 Å². The first-order valence-electron chi connectivity index (χ1n) is 8.53. The zero-order valence-corrected chi connectivity index (χ0v) is 15.1. The van der Waals surface area contributed by atoms with Gasteiger partial charge in [0, 0.05) is 11.0 Å². The number of hydrogen-bond acceptors (Lipinski definition) is 3. The summed E-state index contributed by atoms with van der Waals surface area (Å²) in [5.41, 5.74) is 0.913. The molecule has 128 valence electrons. The highest BCUT2D eigenvalue weighted by molar-refractivity contribution is 5.14. The van der Waals surface area contributed by atoms with Gasteiger partial charge in [-0.25, -0.2) is 0 Å². The maximum Gasteiger partial charge on any atom is 0.164 e. The number of fused-ring (bicyclic) bond motifs is 1. The van der Waals surface area contributed by atoms with Crippen molar-refractivity contribution in [1.29, 1.82) is 0 Å². The smallest absolute Gasteiger partial charge is 0.164 e. The van der Waals surface area contributed by atoms with Crippen molar-refractivity contribution in [3.63, 3.8) is 0 Å². The largest absolute Gasteiger partial charge is 0.632 e. The van der Waals surface area contributed by atoms with E-state index < -0.39 is 5.79 Å². The van der Waals surface area contributed by atoms with E-state index in [9.17, 15) is 5.21 Å². The third kappa shape index (κ3) is 2.82. The minimum Gasteiger partial charge on any atom is -0.632 e. The number of nitrogens with zero attached hydrogens (tertiary/aromatic N) is 1. The lowest BCUT2D eigenvalue weighted by molar-refractivity contribution is -0.937. The van der Waals surface area contributed by atoms with Crippen LogP contribution in [0.3, 0.4) is 0 Å². The summed E-state index contributed by atoms with van der Waals surface area (Å²) in [6.45, 7) is 12.8. The second-order valence-electron chi connectivity index (χ2n) is 8.61. The number of quaternary nitrogens is 1. The predicted molar refractivity (Wildman–Crippen MR) is 90.3 cm³/mol. The first-order chi connectivity index (χ1) is 10.5. The summed E-state index contributed by atoms with van der Waals surface area (Å²) in [5, 5.41) is 14.0. The van der Waals surface area contributed by atoms with E-state index in [2.05, 4.69) is 20.8 Å². The summed E-state index contributed by atoms with van der Waals surface area (Å²) in [4.78, 5) is 0. The monoisotopic (exact) mass is 319 g/mol. The van der Waals surface area contributed by atoms with Gasteiger partial charge in [0.2, 0.25) is 0 Å². The van der Waals surface area contributed by atoms with Gasteiger partial charge in [0.1, 0.15) is 30.8 Å². The van der Waals surface area contributed by atoms with Gasteiger partial charge in [0.05, 0.1) is 0 Å². The van der Waals surface area contributed by atoms with Crippen LogP contribution >= 0.6 is 0 Å². The Labute approximate surface area is 139 Å². The molecule has 3 rings (SSSR count). The van der Waals surface area contributed by atoms with Crippen LogP contribution in [0, 0.1) is 10.6 Å². The lowest BCUT2D eigenvalue weighted by Gasteiger charge is -2.53. The molecule has 2 aliphatic rings. The Morgan fingerprint density at radius 3 is 2.22 bits per heavy atom. The van der Waals surface area contributed by atoms with Gasteiger partial charge in [-0.15, -0.1) is 0 Å². The van der Waals surface area contributed by atoms with Crippen LogP contribution in [-0.4, -0.2) is 34.7 Å². The van der Waals surface area contributed by atoms with Gasteiger partial charge in [0.15, 0.2) is 5.79 Å². The van der Waals surface area contributed by atoms with Crippen molar-refractivity contribution in [2.75, 3.05) is 0 Å². The highest BCUT2D eigenvalue weighted by Gasteiger charge is 2.65. The number of rotatable bonds is 2. The van der Waals surface area contributed by atoms with Crippen molar-refractivity contribution in [1.82, 2.24) is 0 Å². The Hall–Kier alpha value is -0.940. The van der Waals surface area contributed by atoms with Crippen molar-refractivity contribution >= 4 is 0 Å². The molecule has 0 bridgehead atoms. The van der Waals surface area contributed by atoms with Gasteiger partial charge >= 0.3 is 0 Å². The molecule has 2 fully saturated rings. The first kappa shape index (κ1) is 16.9. The molecule has 0 saturated carbocycles. The number of likely N-dealkylation sites (tertiary alicyclic amines) is 1. The van der Waals surface area contributed by atoms with Crippen LogP contribution in [0.4, 0.5) is 0 Å². The summed E-state index contributed by atoms with van der Waals surface area (Å²) in [6, 6.07) is 9.73. The van der Waals surface area contributed by atoms with Gasteiger partial charge in [-0.05, 0) is 20.8 Å². The van der Waals surface area contributed by atoms with E-state index >= 15 is 0 Å². The molecular formula is C19H29NO3. The highest BCUT2D eigenvalue weighted by Crippen LogP contribution is 2.50. The minimum absolute atomic E-state index is 0.143. The zero-order chi connectivity index (χ0) is 17.0. The molecule has 4 nitrogen and oxygen atoms in total. The molecule has 2 saturated heterocycles. The summed E-state index contributed by atoms with van der Waals surface area (Å²) >= 11 is 0. The van der Waals surface area contributed by atoms with Gasteiger partial charge in [-0.3, -0.25) is 0 Å². The fraction of sp³-hybridized carbons (Fsp3) is 0.684. The van der Waals surface area contributed by atoms with Crippen molar-refractivity contribution < 1.29 is 14.1 Å². The van der Waals surface area contributed by atoms with Crippen LogP contribution < -0.4 is 0 Å². The molecular weight excluding hydrogens is 290 g/mol. The summed E-state index contributed by atoms with van der Waals surface area (Å²) < 4.78 is 12.0. The Balaban J connectivity index is 1.98. The SMILES string of the molecule is C[C@@H]1[C@H]2OC(C)(C)O[C@H]2[C@@H](C(C)(C)C)[N@@+]1([O-])Cc1ccccc1. The molecule has 4 heteroatoms. The van der Waals surface area contributed by atoms with Crippen LogP contribution in [0.15, 0.2) is 30.3 Å². The molecule has 0 unspecified atom stereocenters. The third-order valence-corrected chi connectivity index (χ3v) is 5.27. The first-order valence-corrected chi connectivity index (χ1v) is 8.53. The number of benzene rings is 1. The maximum atomic E-state index is 14.0. The number of ether oxygens (including phenoxy) is 2. The molecule has 0 aromatic heterocycles. The normalized spacial score (nSPS) is 39.4. The molecule has 0 aliphatic carbocycles. The maximum absolute atomic E-state index is 14.0. The molecule has 0 N–H and O–H groups in total. The molecule has 2 heterocycles. The number of hydrogen-bond donors (Lipinski definition) is 0. The van der Waals surface area contributed by atoms with Gasteiger partial charge < -0.3 is 19.3 Å². The average Bonchev–Trinajstić information content (AvgIpc) is 2.81. The lowest BCUT2D eigenvalue weighted by Crippen LogP contribution is -2.58. The van der Waals surface area contributed by atoms with Crippen molar-refractivity contribution in [2.45, 2.75) is 78.2 Å². The topological polar surface area (TPSA) is 41.5 Å². The van der Waals surface area contributed by atoms with Crippen molar-refractivity contribution in [3.8, 4) is 0 Å². The third-order valence-electron chi connectivity index (χ3n) is 5.27. The van der Waals surface area contributed by atoms with E-state index in [0.717, 1.165) is 5.56 Å². The Bertz CT molecular complexity index is 566. The molecule has 23 heavy (non-hydrogen) atoms. The molecule has 0 amide bonds. The Kier molecular flexibility index (Phi) is 3.88. The second-order valence-corrected chi connectivity index (χ2v) is 8.61. The molecule has 0 spiro atoms. The molecule has 0 radical (unpaired) electrons. The average molecular weight is 319 g/mol. The van der Waals surface area contributed by atoms with Crippen molar-refractivity contribution in [3.05, 3.63) is 41.1 Å². The highest BCUT2D eigenvalue weighted by atomic mass is 16.8. The summed E-state index contributed by atoms with van der Waals surface area (Å²) in [5.74, 6) is -0.606. The molecule has 1 aromatic carbocycles. The Morgan fingerprint density at radius 2 is 1.65 bits per heavy atom. The zero-order valence-electron chi connectivity index (χ0n) is 15.1. The van der Waals surface area contributed by atoms with E-state index in [-0.39, 0.29) is 34.4 Å². The summed E-state index contributed by atoms with van der Waals surface area (Å²) in [6.07, 6.45) is -0.295. The molecule has 1 aromatic rings. The quantitative estimate of drug-likeness (QED) is 0.614. The van der Waals surface area contributed by atoms with E-state index in [1.165, 1.54) is 0 Å². The van der Waals surface area contributed by atoms with Crippen molar-refractivity contribution in [2.24, 2.45) is 5.41 Å². The standard InChI is InChI=1S/C19H29NO3/c1-13-15-16(23-19(5,6)22-15)17(18(2,3)4)20(13,21)12-14-10-8-7-9-11-14/h7-11,13,15-17H,12H2,1-6H3/t13-,15-,16-,17+,20-/m1/s1. The van der Waals surface area contributed by atoms with Gasteiger partial charge in [-0.2, -0.15) is 0 Å². The van der Waals surface area contributed by atoms with Gasteiger partial charge in [-0.1, -0.05) is 51.1 Å². The Morgan fingerprint density at radius 1 is 1.09 bits per heavy atom. The van der Waals surface area contributed by atoms with E-state index in [0.29, 0.717) is 6.54 Å². The fourth-order valence-electron chi connectivity index (χ4n) is 4.44. The van der Waals surface area contributed by atoms with Gasteiger partial charge in [0.25, 0.3) is 0 Å². The van der Waals surface area contributed by atoms with E-state index in [1.54, 1.807) is 0 Å². The van der Waals surface area contributed by atoms with Crippen LogP contribution in [0.2, 0.25) is 0 Å². The molecule has 5 atom stereocenters. The lowest BCUT2D eigenvalue weighted by atomic mass is 9.83. The van der Waals surface area contributed by atoms with Crippen LogP contribution in [0.1, 0.15) is 47.1 Å².